The minimum absolute atomic E-state index is 0.201. The number of hydrogen-bond donors (Lipinski definition) is 2. The summed E-state index contributed by atoms with van der Waals surface area (Å²) >= 11 is 0. The molecule has 1 aromatic heterocycles. The Morgan fingerprint density at radius 3 is 2.77 bits per heavy atom. The molecule has 0 aliphatic heterocycles. The van der Waals surface area contributed by atoms with Crippen molar-refractivity contribution in [2.75, 3.05) is 6.54 Å². The zero-order valence-corrected chi connectivity index (χ0v) is 13.3. The van der Waals surface area contributed by atoms with E-state index in [-0.39, 0.29) is 12.5 Å². The van der Waals surface area contributed by atoms with Gasteiger partial charge in [0.05, 0.1) is 29.2 Å². The largest absolute Gasteiger partial charge is 0.391 e. The summed E-state index contributed by atoms with van der Waals surface area (Å²) in [5, 5.41) is 16.8. The second-order valence-electron chi connectivity index (χ2n) is 5.49. The Labute approximate surface area is 131 Å². The molecular formula is C17H23N3O2. The highest BCUT2D eigenvalue weighted by Gasteiger charge is 2.16. The molecule has 0 saturated heterocycles. The van der Waals surface area contributed by atoms with E-state index < -0.39 is 6.10 Å². The van der Waals surface area contributed by atoms with E-state index >= 15 is 0 Å². The molecule has 5 nitrogen and oxygen atoms in total. The zero-order valence-electron chi connectivity index (χ0n) is 13.3. The van der Waals surface area contributed by atoms with E-state index in [0.29, 0.717) is 12.0 Å². The first-order chi connectivity index (χ1) is 10.5. The fourth-order valence-electron chi connectivity index (χ4n) is 2.42. The van der Waals surface area contributed by atoms with Gasteiger partial charge in [0.1, 0.15) is 0 Å². The van der Waals surface area contributed by atoms with Gasteiger partial charge in [0.2, 0.25) is 0 Å². The van der Waals surface area contributed by atoms with E-state index in [9.17, 15) is 9.90 Å². The summed E-state index contributed by atoms with van der Waals surface area (Å²) in [5.41, 5.74) is 3.38. The number of hydrogen-bond acceptors (Lipinski definition) is 3. The van der Waals surface area contributed by atoms with Crippen LogP contribution in [0.1, 0.15) is 41.4 Å². The number of nitrogens with zero attached hydrogens (tertiary/aromatic N) is 2. The van der Waals surface area contributed by atoms with Crippen LogP contribution >= 0.6 is 0 Å². The molecule has 1 heterocycles. The van der Waals surface area contributed by atoms with E-state index in [4.69, 9.17) is 0 Å². The van der Waals surface area contributed by atoms with Gasteiger partial charge in [0, 0.05) is 6.54 Å². The average Bonchev–Trinajstić information content (AvgIpc) is 2.87. The molecule has 22 heavy (non-hydrogen) atoms. The van der Waals surface area contributed by atoms with Crippen LogP contribution in [0.2, 0.25) is 0 Å². The third-order valence-electron chi connectivity index (χ3n) is 3.72. The number of rotatable bonds is 6. The molecule has 5 heteroatoms. The number of para-hydroxylation sites is 1. The molecule has 2 rings (SSSR count). The molecule has 1 unspecified atom stereocenters. The van der Waals surface area contributed by atoms with Crippen LogP contribution in [0, 0.1) is 13.8 Å². The predicted molar refractivity (Wildman–Crippen MR) is 86.3 cm³/mol. The number of aliphatic hydroxyl groups excluding tert-OH is 1. The number of nitrogens with one attached hydrogen (secondary N) is 1. The lowest BCUT2D eigenvalue weighted by Crippen LogP contribution is -2.32. The SMILES string of the molecule is CCCC(O)CNC(=O)c1cnn(-c2ccccc2C)c1C. The van der Waals surface area contributed by atoms with E-state index in [0.717, 1.165) is 23.4 Å². The molecule has 0 aliphatic rings. The molecule has 0 bridgehead atoms. The fraction of sp³-hybridized carbons (Fsp3) is 0.412. The first kappa shape index (κ1) is 16.2. The van der Waals surface area contributed by atoms with Crippen molar-refractivity contribution < 1.29 is 9.90 Å². The van der Waals surface area contributed by atoms with Gasteiger partial charge in [0.25, 0.3) is 5.91 Å². The number of carbonyl (C=O) groups excluding carboxylic acids is 1. The zero-order chi connectivity index (χ0) is 16.1. The Kier molecular flexibility index (Phi) is 5.33. The summed E-state index contributed by atoms with van der Waals surface area (Å²) in [6.45, 7) is 6.15. The lowest BCUT2D eigenvalue weighted by atomic mass is 10.2. The molecule has 0 radical (unpaired) electrons. The molecule has 0 spiro atoms. The van der Waals surface area contributed by atoms with Gasteiger partial charge in [-0.1, -0.05) is 31.5 Å². The van der Waals surface area contributed by atoms with Crippen LogP contribution < -0.4 is 5.32 Å². The third-order valence-corrected chi connectivity index (χ3v) is 3.72. The summed E-state index contributed by atoms with van der Waals surface area (Å²) in [7, 11) is 0. The second kappa shape index (κ2) is 7.22. The number of aromatic nitrogens is 2. The van der Waals surface area contributed by atoms with Gasteiger partial charge in [-0.2, -0.15) is 5.10 Å². The molecule has 0 saturated carbocycles. The molecule has 1 amide bonds. The van der Waals surface area contributed by atoms with Gasteiger partial charge in [-0.25, -0.2) is 4.68 Å². The summed E-state index contributed by atoms with van der Waals surface area (Å²) in [4.78, 5) is 12.2. The third kappa shape index (κ3) is 3.54. The summed E-state index contributed by atoms with van der Waals surface area (Å²) < 4.78 is 1.77. The molecule has 118 valence electrons. The average molecular weight is 301 g/mol. The minimum Gasteiger partial charge on any atom is -0.391 e. The Morgan fingerprint density at radius 1 is 1.36 bits per heavy atom. The van der Waals surface area contributed by atoms with Gasteiger partial charge in [-0.15, -0.1) is 0 Å². The summed E-state index contributed by atoms with van der Waals surface area (Å²) in [6.07, 6.45) is 2.65. The summed E-state index contributed by atoms with van der Waals surface area (Å²) in [6, 6.07) is 7.91. The van der Waals surface area contributed by atoms with Crippen molar-refractivity contribution in [1.82, 2.24) is 15.1 Å². The van der Waals surface area contributed by atoms with Crippen LogP contribution in [0.15, 0.2) is 30.5 Å². The first-order valence-electron chi connectivity index (χ1n) is 7.61. The van der Waals surface area contributed by atoms with Crippen LogP contribution in [0.4, 0.5) is 0 Å². The van der Waals surface area contributed by atoms with Crippen molar-refractivity contribution in [3.05, 3.63) is 47.3 Å². The topological polar surface area (TPSA) is 67.2 Å². The maximum absolute atomic E-state index is 12.2. The molecule has 1 aromatic carbocycles. The maximum Gasteiger partial charge on any atom is 0.254 e. The van der Waals surface area contributed by atoms with Crippen molar-refractivity contribution in [2.45, 2.75) is 39.7 Å². The van der Waals surface area contributed by atoms with E-state index in [1.54, 1.807) is 10.9 Å². The fourth-order valence-corrected chi connectivity index (χ4v) is 2.42. The minimum atomic E-state index is -0.499. The number of amides is 1. The smallest absolute Gasteiger partial charge is 0.254 e. The summed E-state index contributed by atoms with van der Waals surface area (Å²) in [5.74, 6) is -0.201. The molecular weight excluding hydrogens is 278 g/mol. The number of carbonyl (C=O) groups is 1. The molecule has 2 N–H and O–H groups in total. The normalized spacial score (nSPS) is 12.2. The van der Waals surface area contributed by atoms with Crippen LogP contribution in [0.3, 0.4) is 0 Å². The Hall–Kier alpha value is -2.14. The van der Waals surface area contributed by atoms with Gasteiger partial charge >= 0.3 is 0 Å². The van der Waals surface area contributed by atoms with Gasteiger partial charge in [-0.05, 0) is 31.9 Å². The quantitative estimate of drug-likeness (QED) is 0.861. The monoisotopic (exact) mass is 301 g/mol. The maximum atomic E-state index is 12.2. The number of aryl methyl sites for hydroxylation is 1. The van der Waals surface area contributed by atoms with Crippen molar-refractivity contribution in [3.8, 4) is 5.69 Å². The Morgan fingerprint density at radius 2 is 2.09 bits per heavy atom. The van der Waals surface area contributed by atoms with Gasteiger partial charge in [0.15, 0.2) is 0 Å². The van der Waals surface area contributed by atoms with Gasteiger partial charge < -0.3 is 10.4 Å². The molecule has 1 atom stereocenters. The van der Waals surface area contributed by atoms with E-state index in [2.05, 4.69) is 10.4 Å². The highest BCUT2D eigenvalue weighted by atomic mass is 16.3. The van der Waals surface area contributed by atoms with Crippen LogP contribution in [0.5, 0.6) is 0 Å². The Balaban J connectivity index is 2.14. The number of benzene rings is 1. The predicted octanol–water partition coefficient (Wildman–Crippen LogP) is 2.38. The van der Waals surface area contributed by atoms with E-state index in [1.807, 2.05) is 45.0 Å². The highest BCUT2D eigenvalue weighted by molar-refractivity contribution is 5.95. The molecule has 2 aromatic rings. The molecule has 0 fully saturated rings. The van der Waals surface area contributed by atoms with Crippen molar-refractivity contribution >= 4 is 5.91 Å². The molecule has 0 aliphatic carbocycles. The highest BCUT2D eigenvalue weighted by Crippen LogP contribution is 2.17. The van der Waals surface area contributed by atoms with E-state index in [1.165, 1.54) is 0 Å². The first-order valence-corrected chi connectivity index (χ1v) is 7.61. The standard InChI is InChI=1S/C17H23N3O2/c1-4-7-14(21)10-18-17(22)15-11-19-20(13(15)3)16-9-6-5-8-12(16)2/h5-6,8-9,11,14,21H,4,7,10H2,1-3H3,(H,18,22). The van der Waals surface area contributed by atoms with Crippen molar-refractivity contribution in [1.29, 1.82) is 0 Å². The van der Waals surface area contributed by atoms with Crippen LogP contribution in [-0.4, -0.2) is 33.4 Å². The number of aliphatic hydroxyl groups is 1. The van der Waals surface area contributed by atoms with Gasteiger partial charge in [-0.3, -0.25) is 4.79 Å². The second-order valence-corrected chi connectivity index (χ2v) is 5.49. The van der Waals surface area contributed by atoms with Crippen LogP contribution in [-0.2, 0) is 0 Å². The van der Waals surface area contributed by atoms with Crippen molar-refractivity contribution in [3.63, 3.8) is 0 Å². The van der Waals surface area contributed by atoms with Crippen molar-refractivity contribution in [2.24, 2.45) is 0 Å². The lowest BCUT2D eigenvalue weighted by molar-refractivity contribution is 0.0909. The Bertz CT molecular complexity index is 649. The lowest BCUT2D eigenvalue weighted by Gasteiger charge is -2.11. The van der Waals surface area contributed by atoms with Crippen LogP contribution in [0.25, 0.3) is 5.69 Å².